The van der Waals surface area contributed by atoms with Crippen LogP contribution in [0.3, 0.4) is 0 Å². The van der Waals surface area contributed by atoms with Crippen LogP contribution in [-0.2, 0) is 10.6 Å². The molecule has 1 rings (SSSR count). The number of carbonyl (C=O) groups excluding carboxylic acids is 1. The van der Waals surface area contributed by atoms with Crippen LogP contribution < -0.4 is 4.74 Å². The third-order valence-corrected chi connectivity index (χ3v) is 3.24. The first-order chi connectivity index (χ1) is 8.78. The third-order valence-electron chi connectivity index (χ3n) is 1.83. The Balaban J connectivity index is 3.22. The number of pyridine rings is 1. The number of alkyl halides is 4. The first kappa shape index (κ1) is 16.3. The van der Waals surface area contributed by atoms with Gasteiger partial charge >= 0.3 is 12.3 Å². The van der Waals surface area contributed by atoms with Crippen LogP contribution in [-0.4, -0.2) is 23.9 Å². The van der Waals surface area contributed by atoms with Gasteiger partial charge in [0, 0.05) is 6.07 Å². The van der Waals surface area contributed by atoms with E-state index >= 15 is 0 Å². The zero-order chi connectivity index (χ0) is 14.6. The molecule has 0 N–H and O–H groups in total. The lowest BCUT2D eigenvalue weighted by atomic mass is 10.3. The zero-order valence-electron chi connectivity index (χ0n) is 9.55. The Kier molecular flexibility index (Phi) is 5.65. The minimum absolute atomic E-state index is 0.0815. The number of halogens is 5. The summed E-state index contributed by atoms with van der Waals surface area (Å²) >= 11 is 7.19. The minimum Gasteiger partial charge on any atom is -0.461 e. The Bertz CT molecular complexity index is 482. The van der Waals surface area contributed by atoms with E-state index in [0.29, 0.717) is 0 Å². The van der Waals surface area contributed by atoms with Crippen molar-refractivity contribution >= 4 is 40.2 Å². The SMILES string of the molecule is CCOC(=O)c1cc(OC(F)(F)F)c(I)c(CCl)n1. The highest BCUT2D eigenvalue weighted by atomic mass is 127. The summed E-state index contributed by atoms with van der Waals surface area (Å²) in [5.41, 5.74) is -0.163. The monoisotopic (exact) mass is 409 g/mol. The van der Waals surface area contributed by atoms with Crippen LogP contribution in [0.15, 0.2) is 6.07 Å². The number of esters is 1. The number of ether oxygens (including phenoxy) is 2. The number of hydrogen-bond donors (Lipinski definition) is 0. The van der Waals surface area contributed by atoms with E-state index in [1.165, 1.54) is 0 Å². The molecule has 0 atom stereocenters. The summed E-state index contributed by atoms with van der Waals surface area (Å²) in [5, 5.41) is 0. The second-order valence-corrected chi connectivity index (χ2v) is 4.51. The fourth-order valence-electron chi connectivity index (χ4n) is 1.15. The molecule has 106 valence electrons. The molecule has 0 bridgehead atoms. The van der Waals surface area contributed by atoms with Crippen LogP contribution in [0.4, 0.5) is 13.2 Å². The largest absolute Gasteiger partial charge is 0.573 e. The van der Waals surface area contributed by atoms with E-state index in [2.05, 4.69) is 14.5 Å². The highest BCUT2D eigenvalue weighted by Gasteiger charge is 2.33. The Morgan fingerprint density at radius 1 is 1.53 bits per heavy atom. The van der Waals surface area contributed by atoms with Gasteiger partial charge in [0.15, 0.2) is 5.69 Å². The molecule has 0 unspecified atom stereocenters. The van der Waals surface area contributed by atoms with E-state index in [-0.39, 0.29) is 27.4 Å². The molecule has 0 fully saturated rings. The van der Waals surface area contributed by atoms with E-state index in [0.717, 1.165) is 6.07 Å². The van der Waals surface area contributed by atoms with E-state index in [4.69, 9.17) is 11.6 Å². The predicted octanol–water partition coefficient (Wildman–Crippen LogP) is 3.50. The van der Waals surface area contributed by atoms with Crippen molar-refractivity contribution < 1.29 is 27.4 Å². The quantitative estimate of drug-likeness (QED) is 0.434. The van der Waals surface area contributed by atoms with Gasteiger partial charge in [-0.25, -0.2) is 9.78 Å². The van der Waals surface area contributed by atoms with Gasteiger partial charge in [-0.15, -0.1) is 24.8 Å². The Hall–Kier alpha value is -0.770. The summed E-state index contributed by atoms with van der Waals surface area (Å²) in [4.78, 5) is 15.3. The average Bonchev–Trinajstić information content (AvgIpc) is 2.30. The van der Waals surface area contributed by atoms with Crippen LogP contribution >= 0.6 is 34.2 Å². The average molecular weight is 410 g/mol. The maximum atomic E-state index is 12.2. The molecule has 1 aromatic heterocycles. The molecule has 1 aromatic rings. The van der Waals surface area contributed by atoms with Gasteiger partial charge in [0.05, 0.1) is 21.8 Å². The van der Waals surface area contributed by atoms with Gasteiger partial charge in [0.1, 0.15) is 5.75 Å². The predicted molar refractivity (Wildman–Crippen MR) is 69.2 cm³/mol. The van der Waals surface area contributed by atoms with Crippen molar-refractivity contribution in [3.05, 3.63) is 21.0 Å². The summed E-state index contributed by atoms with van der Waals surface area (Å²) in [7, 11) is 0. The lowest BCUT2D eigenvalue weighted by molar-refractivity contribution is -0.275. The van der Waals surface area contributed by atoms with Crippen molar-refractivity contribution in [1.29, 1.82) is 0 Å². The fraction of sp³-hybridized carbons (Fsp3) is 0.400. The minimum atomic E-state index is -4.86. The van der Waals surface area contributed by atoms with Crippen molar-refractivity contribution in [3.8, 4) is 5.75 Å². The summed E-state index contributed by atoms with van der Waals surface area (Å²) in [6.45, 7) is 1.65. The third kappa shape index (κ3) is 4.68. The lowest BCUT2D eigenvalue weighted by Gasteiger charge is -2.13. The van der Waals surface area contributed by atoms with Crippen LogP contribution in [0.2, 0.25) is 0 Å². The zero-order valence-corrected chi connectivity index (χ0v) is 12.5. The number of nitrogens with zero attached hydrogens (tertiary/aromatic N) is 1. The lowest BCUT2D eigenvalue weighted by Crippen LogP contribution is -2.19. The normalized spacial score (nSPS) is 11.3. The first-order valence-corrected chi connectivity index (χ1v) is 6.58. The van der Waals surface area contributed by atoms with Gasteiger partial charge in [-0.2, -0.15) is 0 Å². The molecule has 0 aliphatic rings. The van der Waals surface area contributed by atoms with Crippen LogP contribution in [0.25, 0.3) is 0 Å². The molecule has 0 radical (unpaired) electrons. The fourth-order valence-corrected chi connectivity index (χ4v) is 2.15. The van der Waals surface area contributed by atoms with Crippen molar-refractivity contribution in [1.82, 2.24) is 4.98 Å². The van der Waals surface area contributed by atoms with Gasteiger partial charge in [-0.05, 0) is 29.5 Å². The maximum Gasteiger partial charge on any atom is 0.573 e. The number of rotatable bonds is 4. The van der Waals surface area contributed by atoms with E-state index in [1.54, 1.807) is 29.5 Å². The Morgan fingerprint density at radius 2 is 2.16 bits per heavy atom. The van der Waals surface area contributed by atoms with Gasteiger partial charge in [-0.3, -0.25) is 0 Å². The van der Waals surface area contributed by atoms with Crippen molar-refractivity contribution in [2.24, 2.45) is 0 Å². The van der Waals surface area contributed by atoms with Gasteiger partial charge < -0.3 is 9.47 Å². The number of aromatic nitrogens is 1. The number of carbonyl (C=O) groups is 1. The highest BCUT2D eigenvalue weighted by molar-refractivity contribution is 14.1. The topological polar surface area (TPSA) is 48.4 Å². The summed E-state index contributed by atoms with van der Waals surface area (Å²) < 4.78 is 45.3. The molecular formula is C10H8ClF3INO3. The second-order valence-electron chi connectivity index (χ2n) is 3.17. The second kappa shape index (κ2) is 6.60. The molecule has 0 saturated heterocycles. The molecule has 0 aliphatic heterocycles. The summed E-state index contributed by atoms with van der Waals surface area (Å²) in [5.74, 6) is -1.51. The molecule has 0 spiro atoms. The molecule has 0 amide bonds. The molecule has 0 aliphatic carbocycles. The maximum absolute atomic E-state index is 12.2. The molecule has 9 heteroatoms. The molecule has 1 heterocycles. The summed E-state index contributed by atoms with van der Waals surface area (Å²) in [6, 6.07) is 0.878. The van der Waals surface area contributed by atoms with Gasteiger partial charge in [-0.1, -0.05) is 0 Å². The van der Waals surface area contributed by atoms with E-state index < -0.39 is 18.1 Å². The Morgan fingerprint density at radius 3 is 2.63 bits per heavy atom. The highest BCUT2D eigenvalue weighted by Crippen LogP contribution is 2.30. The van der Waals surface area contributed by atoms with Gasteiger partial charge in [0.25, 0.3) is 0 Å². The van der Waals surface area contributed by atoms with Crippen LogP contribution in [0.1, 0.15) is 23.1 Å². The van der Waals surface area contributed by atoms with Gasteiger partial charge in [0.2, 0.25) is 0 Å². The Labute approximate surface area is 125 Å². The standard InChI is InChI=1S/C10H8ClF3INO3/c1-2-18-9(17)5-3-7(19-10(12,13)14)8(15)6(4-11)16-5/h3H,2,4H2,1H3. The molecule has 4 nitrogen and oxygen atoms in total. The van der Waals surface area contributed by atoms with E-state index in [9.17, 15) is 18.0 Å². The molecule has 19 heavy (non-hydrogen) atoms. The summed E-state index contributed by atoms with van der Waals surface area (Å²) in [6.07, 6.45) is -4.86. The first-order valence-electron chi connectivity index (χ1n) is 4.96. The van der Waals surface area contributed by atoms with Crippen LogP contribution in [0.5, 0.6) is 5.75 Å². The number of hydrogen-bond acceptors (Lipinski definition) is 4. The van der Waals surface area contributed by atoms with Crippen molar-refractivity contribution in [2.45, 2.75) is 19.2 Å². The van der Waals surface area contributed by atoms with Crippen LogP contribution in [0, 0.1) is 3.57 Å². The smallest absolute Gasteiger partial charge is 0.461 e. The molecule has 0 saturated carbocycles. The van der Waals surface area contributed by atoms with Crippen molar-refractivity contribution in [2.75, 3.05) is 6.61 Å². The van der Waals surface area contributed by atoms with Crippen molar-refractivity contribution in [3.63, 3.8) is 0 Å². The molecular weight excluding hydrogens is 401 g/mol. The molecule has 0 aromatic carbocycles. The van der Waals surface area contributed by atoms with E-state index in [1.807, 2.05) is 0 Å².